The monoisotopic (exact) mass is 282 g/mol. The normalized spacial score (nSPS) is 18.4. The fraction of sp³-hybridized carbons (Fsp3) is 0.462. The van der Waals surface area contributed by atoms with Crippen LogP contribution < -0.4 is 0 Å². The molecule has 0 aromatic carbocycles. The number of rotatable bonds is 3. The number of likely N-dealkylation sites (tertiary alicyclic amines) is 1. The molecule has 5 nitrogen and oxygen atoms in total. The van der Waals surface area contributed by atoms with Crippen molar-refractivity contribution in [3.05, 3.63) is 29.0 Å². The van der Waals surface area contributed by atoms with E-state index in [1.165, 1.54) is 6.20 Å². The van der Waals surface area contributed by atoms with Gasteiger partial charge in [-0.2, -0.15) is 0 Å². The molecule has 0 saturated carbocycles. The lowest BCUT2D eigenvalue weighted by molar-refractivity contribution is -0.147. The molecule has 2 heterocycles. The smallest absolute Gasteiger partial charge is 0.328 e. The van der Waals surface area contributed by atoms with E-state index in [9.17, 15) is 9.59 Å². The van der Waals surface area contributed by atoms with Crippen LogP contribution in [0.25, 0.3) is 0 Å². The summed E-state index contributed by atoms with van der Waals surface area (Å²) in [5, 5.41) is 0.333. The molecule has 0 N–H and O–H groups in total. The van der Waals surface area contributed by atoms with Crippen molar-refractivity contribution in [2.45, 2.75) is 25.8 Å². The first-order chi connectivity index (χ1) is 9.13. The first-order valence-electron chi connectivity index (χ1n) is 6.22. The van der Waals surface area contributed by atoms with Gasteiger partial charge < -0.3 is 9.64 Å². The number of ether oxygens (including phenoxy) is 1. The van der Waals surface area contributed by atoms with E-state index in [4.69, 9.17) is 16.3 Å². The molecule has 102 valence electrons. The molecule has 0 aliphatic carbocycles. The SMILES string of the molecule is CCOC(=O)C1CCCN1C(=O)c1ccc(Cl)nc1. The van der Waals surface area contributed by atoms with Crippen molar-refractivity contribution >= 4 is 23.5 Å². The number of aromatic nitrogens is 1. The third kappa shape index (κ3) is 3.04. The van der Waals surface area contributed by atoms with E-state index < -0.39 is 6.04 Å². The fourth-order valence-electron chi connectivity index (χ4n) is 2.16. The van der Waals surface area contributed by atoms with Gasteiger partial charge >= 0.3 is 5.97 Å². The molecule has 1 saturated heterocycles. The van der Waals surface area contributed by atoms with Crippen LogP contribution in [0.15, 0.2) is 18.3 Å². The van der Waals surface area contributed by atoms with Crippen LogP contribution in [-0.4, -0.2) is 41.0 Å². The van der Waals surface area contributed by atoms with E-state index in [0.29, 0.717) is 30.3 Å². The number of halogens is 1. The van der Waals surface area contributed by atoms with E-state index in [0.717, 1.165) is 6.42 Å². The minimum absolute atomic E-state index is 0.209. The van der Waals surface area contributed by atoms with E-state index in [-0.39, 0.29) is 11.9 Å². The Hall–Kier alpha value is -1.62. The molecule has 19 heavy (non-hydrogen) atoms. The zero-order valence-corrected chi connectivity index (χ0v) is 11.4. The summed E-state index contributed by atoms with van der Waals surface area (Å²) in [5.74, 6) is -0.546. The Bertz CT molecular complexity index is 475. The summed E-state index contributed by atoms with van der Waals surface area (Å²) < 4.78 is 4.99. The average Bonchev–Trinajstić information content (AvgIpc) is 2.88. The Morgan fingerprint density at radius 1 is 1.53 bits per heavy atom. The van der Waals surface area contributed by atoms with Gasteiger partial charge in [-0.1, -0.05) is 11.6 Å². The summed E-state index contributed by atoms with van der Waals surface area (Å²) in [6, 6.07) is 2.69. The maximum atomic E-state index is 12.3. The molecule has 1 unspecified atom stereocenters. The predicted octanol–water partition coefficient (Wildman–Crippen LogP) is 1.90. The highest BCUT2D eigenvalue weighted by Crippen LogP contribution is 2.21. The van der Waals surface area contributed by atoms with Gasteiger partial charge in [0.05, 0.1) is 12.2 Å². The largest absolute Gasteiger partial charge is 0.464 e. The minimum atomic E-state index is -0.483. The van der Waals surface area contributed by atoms with Crippen molar-refractivity contribution in [1.82, 2.24) is 9.88 Å². The molecule has 0 spiro atoms. The molecule has 1 aromatic rings. The Morgan fingerprint density at radius 3 is 2.95 bits per heavy atom. The van der Waals surface area contributed by atoms with Crippen molar-refractivity contribution in [3.63, 3.8) is 0 Å². The number of esters is 1. The lowest BCUT2D eigenvalue weighted by atomic mass is 10.2. The van der Waals surface area contributed by atoms with Crippen molar-refractivity contribution in [3.8, 4) is 0 Å². The zero-order chi connectivity index (χ0) is 13.8. The minimum Gasteiger partial charge on any atom is -0.464 e. The highest BCUT2D eigenvalue weighted by atomic mass is 35.5. The topological polar surface area (TPSA) is 59.5 Å². The second kappa shape index (κ2) is 6.02. The molecule has 1 amide bonds. The zero-order valence-electron chi connectivity index (χ0n) is 10.6. The summed E-state index contributed by atoms with van der Waals surface area (Å²) in [7, 11) is 0. The van der Waals surface area contributed by atoms with E-state index in [1.54, 1.807) is 24.0 Å². The van der Waals surface area contributed by atoms with E-state index in [1.807, 2.05) is 0 Å². The van der Waals surface area contributed by atoms with Gasteiger partial charge in [-0.3, -0.25) is 4.79 Å². The molecule has 1 fully saturated rings. The van der Waals surface area contributed by atoms with Gasteiger partial charge in [0.1, 0.15) is 11.2 Å². The van der Waals surface area contributed by atoms with Crippen LogP contribution in [0.1, 0.15) is 30.1 Å². The van der Waals surface area contributed by atoms with Crippen molar-refractivity contribution in [2.75, 3.05) is 13.2 Å². The van der Waals surface area contributed by atoms with Gasteiger partial charge in [0, 0.05) is 12.7 Å². The molecule has 1 aliphatic rings. The average molecular weight is 283 g/mol. The van der Waals surface area contributed by atoms with Gasteiger partial charge in [0.25, 0.3) is 5.91 Å². The van der Waals surface area contributed by atoms with Crippen LogP contribution in [-0.2, 0) is 9.53 Å². The van der Waals surface area contributed by atoms with Gasteiger partial charge in [-0.25, -0.2) is 9.78 Å². The van der Waals surface area contributed by atoms with Gasteiger partial charge in [-0.15, -0.1) is 0 Å². The van der Waals surface area contributed by atoms with Crippen molar-refractivity contribution in [2.24, 2.45) is 0 Å². The van der Waals surface area contributed by atoms with Crippen molar-refractivity contribution in [1.29, 1.82) is 0 Å². The molecule has 1 aliphatic heterocycles. The number of nitrogens with zero attached hydrogens (tertiary/aromatic N) is 2. The third-order valence-corrected chi connectivity index (χ3v) is 3.27. The summed E-state index contributed by atoms with van der Waals surface area (Å²) >= 11 is 5.69. The summed E-state index contributed by atoms with van der Waals surface area (Å²) in [6.07, 6.45) is 2.87. The van der Waals surface area contributed by atoms with Crippen LogP contribution >= 0.6 is 11.6 Å². The maximum Gasteiger partial charge on any atom is 0.328 e. The Balaban J connectivity index is 2.13. The van der Waals surface area contributed by atoms with Crippen LogP contribution in [0.4, 0.5) is 0 Å². The fourth-order valence-corrected chi connectivity index (χ4v) is 2.27. The Kier molecular flexibility index (Phi) is 4.37. The highest BCUT2D eigenvalue weighted by molar-refractivity contribution is 6.29. The van der Waals surface area contributed by atoms with Crippen LogP contribution in [0.2, 0.25) is 5.15 Å². The van der Waals surface area contributed by atoms with E-state index in [2.05, 4.69) is 4.98 Å². The predicted molar refractivity (Wildman–Crippen MR) is 69.9 cm³/mol. The second-order valence-corrected chi connectivity index (χ2v) is 4.67. The second-order valence-electron chi connectivity index (χ2n) is 4.28. The van der Waals surface area contributed by atoms with Gasteiger partial charge in [0.2, 0.25) is 0 Å². The molecule has 1 atom stereocenters. The first kappa shape index (κ1) is 13.8. The Morgan fingerprint density at radius 2 is 2.32 bits per heavy atom. The number of carbonyl (C=O) groups is 2. The third-order valence-electron chi connectivity index (χ3n) is 3.05. The molecule has 0 radical (unpaired) electrons. The molecular weight excluding hydrogens is 268 g/mol. The quantitative estimate of drug-likeness (QED) is 0.628. The lowest BCUT2D eigenvalue weighted by Crippen LogP contribution is -2.41. The summed E-state index contributed by atoms with van der Waals surface area (Å²) in [6.45, 7) is 2.63. The van der Waals surface area contributed by atoms with Gasteiger partial charge in [0.15, 0.2) is 0 Å². The molecule has 0 bridgehead atoms. The molecule has 2 rings (SSSR count). The first-order valence-corrected chi connectivity index (χ1v) is 6.60. The van der Waals surface area contributed by atoms with Crippen LogP contribution in [0.5, 0.6) is 0 Å². The van der Waals surface area contributed by atoms with Crippen LogP contribution in [0, 0.1) is 0 Å². The van der Waals surface area contributed by atoms with Gasteiger partial charge in [-0.05, 0) is 31.9 Å². The molecular formula is C13H15ClN2O3. The number of pyridine rings is 1. The Labute approximate surface area is 116 Å². The summed E-state index contributed by atoms with van der Waals surface area (Å²) in [5.41, 5.74) is 0.431. The standard InChI is InChI=1S/C13H15ClN2O3/c1-2-19-13(18)10-4-3-7-16(10)12(17)9-5-6-11(14)15-8-9/h5-6,8,10H,2-4,7H2,1H3. The van der Waals surface area contributed by atoms with Crippen molar-refractivity contribution < 1.29 is 14.3 Å². The highest BCUT2D eigenvalue weighted by Gasteiger charge is 2.35. The molecule has 6 heteroatoms. The summed E-state index contributed by atoms with van der Waals surface area (Å²) in [4.78, 5) is 29.5. The number of amides is 1. The number of hydrogen-bond donors (Lipinski definition) is 0. The lowest BCUT2D eigenvalue weighted by Gasteiger charge is -2.22. The van der Waals surface area contributed by atoms with E-state index >= 15 is 0 Å². The number of carbonyl (C=O) groups excluding carboxylic acids is 2. The number of hydrogen-bond acceptors (Lipinski definition) is 4. The van der Waals surface area contributed by atoms with Crippen LogP contribution in [0.3, 0.4) is 0 Å². The molecule has 1 aromatic heterocycles. The maximum absolute atomic E-state index is 12.3.